The molecule has 0 atom stereocenters. The van der Waals surface area contributed by atoms with Crippen LogP contribution in [0.15, 0.2) is 53.4 Å². The van der Waals surface area contributed by atoms with E-state index in [1.807, 2.05) is 24.3 Å². The van der Waals surface area contributed by atoms with Gasteiger partial charge in [0.15, 0.2) is 0 Å². The zero-order valence-corrected chi connectivity index (χ0v) is 16.5. The van der Waals surface area contributed by atoms with Crippen LogP contribution in [0.4, 0.5) is 0 Å². The number of carbonyl (C=O) groups excluding carboxylic acids is 1. The van der Waals surface area contributed by atoms with Gasteiger partial charge in [0.1, 0.15) is 5.82 Å². The molecule has 1 aromatic heterocycles. The van der Waals surface area contributed by atoms with Crippen molar-refractivity contribution in [3.63, 3.8) is 0 Å². The Balaban J connectivity index is 1.52. The number of para-hydroxylation sites is 2. The van der Waals surface area contributed by atoms with Gasteiger partial charge in [-0.2, -0.15) is 0 Å². The van der Waals surface area contributed by atoms with Gasteiger partial charge in [-0.05, 0) is 42.8 Å². The Morgan fingerprint density at radius 2 is 1.89 bits per heavy atom. The molecule has 3 rings (SSSR count). The molecular formula is C19H22N4O4S. The van der Waals surface area contributed by atoms with E-state index in [0.717, 1.165) is 34.2 Å². The van der Waals surface area contributed by atoms with Gasteiger partial charge in [-0.25, -0.2) is 13.4 Å². The van der Waals surface area contributed by atoms with Gasteiger partial charge in [0, 0.05) is 25.6 Å². The fourth-order valence-corrected chi connectivity index (χ4v) is 3.68. The smallest absolute Gasteiger partial charge is 0.264 e. The second kappa shape index (κ2) is 8.51. The van der Waals surface area contributed by atoms with Gasteiger partial charge in [0.05, 0.1) is 23.0 Å². The van der Waals surface area contributed by atoms with E-state index in [2.05, 4.69) is 15.3 Å². The molecule has 1 heterocycles. The van der Waals surface area contributed by atoms with Crippen LogP contribution >= 0.6 is 0 Å². The minimum Gasteiger partial charge on any atom is -0.352 e. The first-order chi connectivity index (χ1) is 13.4. The average molecular weight is 402 g/mol. The number of aromatic nitrogens is 2. The third-order valence-corrected chi connectivity index (χ3v) is 6.02. The van der Waals surface area contributed by atoms with E-state index in [0.29, 0.717) is 12.1 Å². The Morgan fingerprint density at radius 1 is 1.18 bits per heavy atom. The molecule has 0 saturated carbocycles. The zero-order valence-electron chi connectivity index (χ0n) is 15.7. The Labute approximate surface area is 163 Å². The molecule has 0 aliphatic heterocycles. The lowest BCUT2D eigenvalue weighted by molar-refractivity contribution is -0.0258. The Hall–Kier alpha value is -2.75. The highest BCUT2D eigenvalue weighted by Crippen LogP contribution is 2.15. The summed E-state index contributed by atoms with van der Waals surface area (Å²) in [6.07, 6.45) is 1.45. The number of aryl methyl sites for hydroxylation is 1. The first-order valence-electron chi connectivity index (χ1n) is 8.77. The fourth-order valence-electron chi connectivity index (χ4n) is 2.71. The van der Waals surface area contributed by atoms with Gasteiger partial charge in [0.2, 0.25) is 0 Å². The second-order valence-electron chi connectivity index (χ2n) is 6.18. The Morgan fingerprint density at radius 3 is 2.57 bits per heavy atom. The number of carbonyl (C=O) groups is 1. The van der Waals surface area contributed by atoms with Crippen LogP contribution in [0.2, 0.25) is 0 Å². The summed E-state index contributed by atoms with van der Waals surface area (Å²) >= 11 is 0. The number of H-pyrrole nitrogens is 1. The molecule has 0 unspecified atom stereocenters. The number of amides is 1. The van der Waals surface area contributed by atoms with E-state index >= 15 is 0 Å². The van der Waals surface area contributed by atoms with Crippen molar-refractivity contribution >= 4 is 27.0 Å². The van der Waals surface area contributed by atoms with Crippen LogP contribution in [0, 0.1) is 0 Å². The highest BCUT2D eigenvalue weighted by atomic mass is 32.2. The standard InChI is InChI=1S/C19H22N4O4S/c1-23(27-2)28(25,26)15-11-9-14(10-12-15)19(24)20-13-5-8-18-21-16-6-3-4-7-17(16)22-18/h3-4,6-7,9-12H,5,8,13H2,1-2H3,(H,20,24)(H,21,22). The van der Waals surface area contributed by atoms with Gasteiger partial charge in [-0.3, -0.25) is 9.63 Å². The molecule has 0 aliphatic rings. The van der Waals surface area contributed by atoms with Crippen LogP contribution in [0.1, 0.15) is 22.6 Å². The van der Waals surface area contributed by atoms with Gasteiger partial charge in [-0.1, -0.05) is 16.6 Å². The Kier molecular flexibility index (Phi) is 6.08. The van der Waals surface area contributed by atoms with E-state index in [9.17, 15) is 13.2 Å². The normalized spacial score (nSPS) is 11.8. The lowest BCUT2D eigenvalue weighted by Gasteiger charge is -2.14. The maximum atomic E-state index is 12.2. The lowest BCUT2D eigenvalue weighted by atomic mass is 10.2. The number of fused-ring (bicyclic) bond motifs is 1. The molecule has 0 fully saturated rings. The van der Waals surface area contributed by atoms with Crippen molar-refractivity contribution in [2.75, 3.05) is 20.7 Å². The van der Waals surface area contributed by atoms with Crippen molar-refractivity contribution in [3.05, 3.63) is 59.9 Å². The van der Waals surface area contributed by atoms with Crippen molar-refractivity contribution in [1.82, 2.24) is 19.8 Å². The number of sulfonamides is 1. The zero-order chi connectivity index (χ0) is 20.1. The number of rotatable bonds is 8. The van der Waals surface area contributed by atoms with Crippen molar-refractivity contribution < 1.29 is 18.0 Å². The molecule has 0 bridgehead atoms. The maximum absolute atomic E-state index is 12.2. The van der Waals surface area contributed by atoms with Crippen LogP contribution in [0.3, 0.4) is 0 Å². The second-order valence-corrected chi connectivity index (χ2v) is 8.12. The monoisotopic (exact) mass is 402 g/mol. The number of nitrogens with one attached hydrogen (secondary N) is 2. The molecule has 0 radical (unpaired) electrons. The molecule has 0 saturated heterocycles. The summed E-state index contributed by atoms with van der Waals surface area (Å²) in [4.78, 5) is 24.8. The van der Waals surface area contributed by atoms with E-state index < -0.39 is 10.0 Å². The third-order valence-electron chi connectivity index (χ3n) is 4.32. The van der Waals surface area contributed by atoms with Crippen molar-refractivity contribution in [3.8, 4) is 0 Å². The van der Waals surface area contributed by atoms with Gasteiger partial charge in [0.25, 0.3) is 15.9 Å². The molecule has 148 valence electrons. The highest BCUT2D eigenvalue weighted by molar-refractivity contribution is 7.89. The molecular weight excluding hydrogens is 380 g/mol. The molecule has 2 aromatic carbocycles. The summed E-state index contributed by atoms with van der Waals surface area (Å²) in [5, 5.41) is 2.83. The molecule has 8 nitrogen and oxygen atoms in total. The summed E-state index contributed by atoms with van der Waals surface area (Å²) in [6.45, 7) is 0.488. The number of hydrogen-bond donors (Lipinski definition) is 2. The lowest BCUT2D eigenvalue weighted by Crippen LogP contribution is -2.26. The average Bonchev–Trinajstić information content (AvgIpc) is 3.13. The van der Waals surface area contributed by atoms with Crippen LogP contribution in [0.5, 0.6) is 0 Å². The molecule has 3 aromatic rings. The number of benzene rings is 2. The van der Waals surface area contributed by atoms with Crippen LogP contribution in [-0.4, -0.2) is 49.5 Å². The predicted octanol–water partition coefficient (Wildman–Crippen LogP) is 2.11. The van der Waals surface area contributed by atoms with Gasteiger partial charge >= 0.3 is 0 Å². The number of hydroxylamine groups is 1. The van der Waals surface area contributed by atoms with Crippen LogP contribution in [-0.2, 0) is 21.3 Å². The number of aromatic amines is 1. The third kappa shape index (κ3) is 4.38. The molecule has 0 aliphatic carbocycles. The number of nitrogens with zero attached hydrogens (tertiary/aromatic N) is 2. The van der Waals surface area contributed by atoms with Crippen molar-refractivity contribution in [2.24, 2.45) is 0 Å². The van der Waals surface area contributed by atoms with Gasteiger partial charge < -0.3 is 10.3 Å². The molecule has 0 spiro atoms. The van der Waals surface area contributed by atoms with E-state index in [-0.39, 0.29) is 10.8 Å². The first-order valence-corrected chi connectivity index (χ1v) is 10.2. The largest absolute Gasteiger partial charge is 0.352 e. The van der Waals surface area contributed by atoms with Gasteiger partial charge in [-0.15, -0.1) is 0 Å². The number of hydrogen-bond acceptors (Lipinski definition) is 5. The van der Waals surface area contributed by atoms with Crippen molar-refractivity contribution in [1.29, 1.82) is 0 Å². The summed E-state index contributed by atoms with van der Waals surface area (Å²) in [7, 11) is -1.15. The van der Waals surface area contributed by atoms with E-state index in [1.165, 1.54) is 38.4 Å². The first kappa shape index (κ1) is 20.0. The minimum atomic E-state index is -3.73. The predicted molar refractivity (Wildman–Crippen MR) is 105 cm³/mol. The molecule has 9 heteroatoms. The molecule has 1 amide bonds. The molecule has 2 N–H and O–H groups in total. The number of imidazole rings is 1. The van der Waals surface area contributed by atoms with E-state index in [4.69, 9.17) is 4.84 Å². The van der Waals surface area contributed by atoms with Crippen LogP contribution < -0.4 is 5.32 Å². The minimum absolute atomic E-state index is 0.0540. The summed E-state index contributed by atoms with van der Waals surface area (Å²) in [6, 6.07) is 13.5. The fraction of sp³-hybridized carbons (Fsp3) is 0.263. The summed E-state index contributed by atoms with van der Waals surface area (Å²) in [5.41, 5.74) is 2.31. The quantitative estimate of drug-likeness (QED) is 0.444. The maximum Gasteiger partial charge on any atom is 0.264 e. The van der Waals surface area contributed by atoms with E-state index in [1.54, 1.807) is 0 Å². The topological polar surface area (TPSA) is 104 Å². The highest BCUT2D eigenvalue weighted by Gasteiger charge is 2.20. The van der Waals surface area contributed by atoms with Crippen molar-refractivity contribution in [2.45, 2.75) is 17.7 Å². The summed E-state index contributed by atoms with van der Waals surface area (Å²) in [5.74, 6) is 0.626. The molecule has 28 heavy (non-hydrogen) atoms. The van der Waals surface area contributed by atoms with Crippen LogP contribution in [0.25, 0.3) is 11.0 Å². The summed E-state index contributed by atoms with van der Waals surface area (Å²) < 4.78 is 25.1. The Bertz CT molecular complexity index is 1030. The SMILES string of the molecule is CON(C)S(=O)(=O)c1ccc(C(=O)NCCCc2nc3ccccc3[nH]2)cc1.